The van der Waals surface area contributed by atoms with E-state index >= 15 is 0 Å². The number of nitrogens with one attached hydrogen (secondary N) is 1. The van der Waals surface area contributed by atoms with Crippen LogP contribution in [0.3, 0.4) is 0 Å². The highest BCUT2D eigenvalue weighted by atomic mass is 32.2. The van der Waals surface area contributed by atoms with E-state index < -0.39 is 21.1 Å². The van der Waals surface area contributed by atoms with Gasteiger partial charge in [0.25, 0.3) is 10.1 Å². The summed E-state index contributed by atoms with van der Waals surface area (Å²) < 4.78 is 46.2. The Morgan fingerprint density at radius 1 is 1.08 bits per heavy atom. The van der Waals surface area contributed by atoms with Crippen molar-refractivity contribution >= 4 is 21.8 Å². The first-order valence-corrected chi connectivity index (χ1v) is 13.2. The van der Waals surface area contributed by atoms with Gasteiger partial charge in [0.1, 0.15) is 17.2 Å². The smallest absolute Gasteiger partial charge is 0.265 e. The number of anilines is 1. The summed E-state index contributed by atoms with van der Waals surface area (Å²) in [5.74, 6) is 1.96. The summed E-state index contributed by atoms with van der Waals surface area (Å²) in [6.07, 6.45) is 3.91. The fourth-order valence-electron chi connectivity index (χ4n) is 4.54. The largest absolute Gasteiger partial charge is 0.496 e. The molecule has 1 N–H and O–H groups in total. The molecule has 2 aromatic carbocycles. The van der Waals surface area contributed by atoms with Gasteiger partial charge >= 0.3 is 0 Å². The zero-order valence-corrected chi connectivity index (χ0v) is 20.9. The van der Waals surface area contributed by atoms with Crippen LogP contribution in [0.5, 0.6) is 17.2 Å². The topological polar surface area (TPSA) is 113 Å². The van der Waals surface area contributed by atoms with Crippen LogP contribution >= 0.6 is 0 Å². The van der Waals surface area contributed by atoms with Crippen LogP contribution in [-0.4, -0.2) is 39.5 Å². The van der Waals surface area contributed by atoms with Gasteiger partial charge in [0.05, 0.1) is 18.8 Å². The quantitative estimate of drug-likeness (QED) is 0.456. The number of ether oxygens (including phenoxy) is 3. The Bertz CT molecular complexity index is 1420. The van der Waals surface area contributed by atoms with Crippen molar-refractivity contribution in [2.24, 2.45) is 0 Å². The Hall–Kier alpha value is -3.63. The summed E-state index contributed by atoms with van der Waals surface area (Å²) >= 11 is 0. The summed E-state index contributed by atoms with van der Waals surface area (Å²) in [5.41, 5.74) is -0.179. The highest BCUT2D eigenvalue weighted by Gasteiger charge is 2.52. The highest BCUT2D eigenvalue weighted by Crippen LogP contribution is 2.51. The molecule has 0 radical (unpaired) electrons. The van der Waals surface area contributed by atoms with E-state index in [1.54, 1.807) is 43.3 Å². The van der Waals surface area contributed by atoms with E-state index in [9.17, 15) is 13.2 Å². The van der Waals surface area contributed by atoms with Crippen molar-refractivity contribution in [3.8, 4) is 17.2 Å². The van der Waals surface area contributed by atoms with Crippen molar-refractivity contribution in [1.82, 2.24) is 4.98 Å². The third-order valence-electron chi connectivity index (χ3n) is 6.60. The minimum absolute atomic E-state index is 0.165. The molecule has 5 rings (SSSR count). The maximum Gasteiger partial charge on any atom is 0.265 e. The SMILES string of the molecule is COc1ccccc1C(C)(OS(C)(=O)=O)c1ccc(NC(=O)C2(c3ccc4c(c3)OCO4)CC2)nc1. The zero-order valence-electron chi connectivity index (χ0n) is 20.1. The molecule has 1 saturated carbocycles. The lowest BCUT2D eigenvalue weighted by molar-refractivity contribution is -0.118. The van der Waals surface area contributed by atoms with Gasteiger partial charge in [-0.15, -0.1) is 0 Å². The summed E-state index contributed by atoms with van der Waals surface area (Å²) in [4.78, 5) is 17.6. The van der Waals surface area contributed by atoms with Crippen LogP contribution in [-0.2, 0) is 30.1 Å². The lowest BCUT2D eigenvalue weighted by atomic mass is 9.88. The first-order chi connectivity index (χ1) is 17.1. The van der Waals surface area contributed by atoms with Crippen molar-refractivity contribution in [2.45, 2.75) is 30.8 Å². The van der Waals surface area contributed by atoms with E-state index in [4.69, 9.17) is 18.4 Å². The van der Waals surface area contributed by atoms with Crippen molar-refractivity contribution in [1.29, 1.82) is 0 Å². The Kier molecular flexibility index (Phi) is 5.88. The molecule has 1 aromatic heterocycles. The number of amides is 1. The number of nitrogens with zero attached hydrogens (tertiary/aromatic N) is 1. The van der Waals surface area contributed by atoms with E-state index in [0.29, 0.717) is 47.0 Å². The first-order valence-electron chi connectivity index (χ1n) is 11.4. The molecule has 1 amide bonds. The number of methoxy groups -OCH3 is 1. The predicted molar refractivity (Wildman–Crippen MR) is 132 cm³/mol. The van der Waals surface area contributed by atoms with E-state index in [2.05, 4.69) is 10.3 Å². The molecule has 0 bridgehead atoms. The molecule has 1 unspecified atom stereocenters. The maximum absolute atomic E-state index is 13.2. The van der Waals surface area contributed by atoms with E-state index in [1.165, 1.54) is 13.3 Å². The number of carbonyl (C=O) groups excluding carboxylic acids is 1. The summed E-state index contributed by atoms with van der Waals surface area (Å²) in [5, 5.41) is 2.89. The molecule has 9 nitrogen and oxygen atoms in total. The second-order valence-corrected chi connectivity index (χ2v) is 10.6. The third kappa shape index (κ3) is 4.38. The lowest BCUT2D eigenvalue weighted by Crippen LogP contribution is -2.31. The standard InChI is InChI=1S/C26H26N2O7S/c1-25(35-36(3,30)31,19-6-4-5-7-20(19)32-2)18-9-11-23(27-15-18)28-24(29)26(12-13-26)17-8-10-21-22(14-17)34-16-33-21/h4-11,14-15H,12-13,16H2,1-3H3,(H,27,28,29). The second kappa shape index (κ2) is 8.79. The predicted octanol–water partition coefficient (Wildman–Crippen LogP) is 3.73. The average molecular weight is 511 g/mol. The van der Waals surface area contributed by atoms with Gasteiger partial charge in [-0.1, -0.05) is 30.3 Å². The van der Waals surface area contributed by atoms with Gasteiger partial charge in [0.15, 0.2) is 11.5 Å². The fourth-order valence-corrected chi connectivity index (χ4v) is 5.33. The number of fused-ring (bicyclic) bond motifs is 1. The molecule has 1 atom stereocenters. The Labute approximate surface area is 209 Å². The van der Waals surface area contributed by atoms with Crippen LogP contribution in [0, 0.1) is 0 Å². The van der Waals surface area contributed by atoms with Crippen LogP contribution in [0.1, 0.15) is 36.5 Å². The van der Waals surface area contributed by atoms with Gasteiger partial charge in [-0.25, -0.2) is 4.98 Å². The van der Waals surface area contributed by atoms with Crippen LogP contribution in [0.4, 0.5) is 5.82 Å². The summed E-state index contributed by atoms with van der Waals surface area (Å²) in [7, 11) is -2.35. The molecule has 1 aliphatic carbocycles. The third-order valence-corrected chi connectivity index (χ3v) is 7.24. The number of rotatable bonds is 8. The molecule has 0 saturated heterocycles. The van der Waals surface area contributed by atoms with Crippen LogP contribution < -0.4 is 19.5 Å². The van der Waals surface area contributed by atoms with Crippen LogP contribution in [0.25, 0.3) is 0 Å². The van der Waals surface area contributed by atoms with Crippen molar-refractivity contribution in [3.05, 3.63) is 77.5 Å². The Balaban J connectivity index is 1.41. The van der Waals surface area contributed by atoms with Crippen molar-refractivity contribution in [2.75, 3.05) is 25.5 Å². The summed E-state index contributed by atoms with van der Waals surface area (Å²) in [6, 6.07) is 15.9. The number of carbonyl (C=O) groups is 1. The number of para-hydroxylation sites is 1. The zero-order chi connectivity index (χ0) is 25.6. The summed E-state index contributed by atoms with van der Waals surface area (Å²) in [6.45, 7) is 1.81. The molecule has 188 valence electrons. The maximum atomic E-state index is 13.2. The second-order valence-electron chi connectivity index (χ2n) is 9.06. The molecule has 2 aliphatic rings. The molecular formula is C26H26N2O7S. The van der Waals surface area contributed by atoms with Gasteiger partial charge in [0.2, 0.25) is 12.7 Å². The molecule has 1 aliphatic heterocycles. The fraction of sp³-hybridized carbons (Fsp3) is 0.308. The molecular weight excluding hydrogens is 484 g/mol. The molecule has 1 fully saturated rings. The van der Waals surface area contributed by atoms with Crippen molar-refractivity contribution < 1.29 is 31.6 Å². The molecule has 36 heavy (non-hydrogen) atoms. The number of pyridine rings is 1. The van der Waals surface area contributed by atoms with Crippen LogP contribution in [0.15, 0.2) is 60.8 Å². The normalized spacial score (nSPS) is 17.2. The van der Waals surface area contributed by atoms with Crippen molar-refractivity contribution in [3.63, 3.8) is 0 Å². The molecule has 0 spiro atoms. The Morgan fingerprint density at radius 2 is 1.83 bits per heavy atom. The lowest BCUT2D eigenvalue weighted by Gasteiger charge is -2.30. The monoisotopic (exact) mass is 510 g/mol. The number of hydrogen-bond acceptors (Lipinski definition) is 8. The molecule has 2 heterocycles. The van der Waals surface area contributed by atoms with Gasteiger partial charge in [-0.05, 0) is 49.6 Å². The number of aromatic nitrogens is 1. The highest BCUT2D eigenvalue weighted by molar-refractivity contribution is 7.86. The Morgan fingerprint density at radius 3 is 2.50 bits per heavy atom. The van der Waals surface area contributed by atoms with E-state index in [0.717, 1.165) is 11.8 Å². The molecule has 3 aromatic rings. The van der Waals surface area contributed by atoms with Gasteiger partial charge < -0.3 is 19.5 Å². The number of hydrogen-bond donors (Lipinski definition) is 1. The van der Waals surface area contributed by atoms with Gasteiger partial charge in [-0.3, -0.25) is 8.98 Å². The average Bonchev–Trinajstić information content (AvgIpc) is 3.54. The van der Waals surface area contributed by atoms with E-state index in [-0.39, 0.29) is 12.7 Å². The minimum Gasteiger partial charge on any atom is -0.496 e. The molecule has 10 heteroatoms. The number of benzene rings is 2. The minimum atomic E-state index is -3.85. The van der Waals surface area contributed by atoms with Crippen LogP contribution in [0.2, 0.25) is 0 Å². The first kappa shape index (κ1) is 24.1. The van der Waals surface area contributed by atoms with Gasteiger partial charge in [-0.2, -0.15) is 8.42 Å². The van der Waals surface area contributed by atoms with E-state index in [1.807, 2.05) is 18.2 Å². The van der Waals surface area contributed by atoms with Gasteiger partial charge in [0, 0.05) is 17.3 Å².